The third-order valence-electron chi connectivity index (χ3n) is 4.30. The molecule has 26 heavy (non-hydrogen) atoms. The van der Waals surface area contributed by atoms with E-state index in [0.29, 0.717) is 12.1 Å². The number of benzene rings is 3. The fourth-order valence-corrected chi connectivity index (χ4v) is 6.51. The predicted octanol–water partition coefficient (Wildman–Crippen LogP) is 2.96. The lowest BCUT2D eigenvalue weighted by Crippen LogP contribution is -2.68. The first kappa shape index (κ1) is 17.7. The van der Waals surface area contributed by atoms with Crippen LogP contribution in [-0.2, 0) is 4.53 Å². The van der Waals surface area contributed by atoms with Crippen molar-refractivity contribution in [1.29, 1.82) is 5.26 Å². The van der Waals surface area contributed by atoms with Gasteiger partial charge in [-0.15, -0.1) is 0 Å². The number of hydrogen-bond acceptors (Lipinski definition) is 3. The van der Waals surface area contributed by atoms with Crippen molar-refractivity contribution in [3.8, 4) is 6.07 Å². The van der Waals surface area contributed by atoms with Gasteiger partial charge in [0.1, 0.15) is 6.07 Å². The van der Waals surface area contributed by atoms with Gasteiger partial charge in [0.05, 0.1) is 0 Å². The van der Waals surface area contributed by atoms with Gasteiger partial charge in [-0.05, 0) is 15.6 Å². The highest BCUT2D eigenvalue weighted by Gasteiger charge is 2.44. The molecule has 0 radical (unpaired) electrons. The van der Waals surface area contributed by atoms with Gasteiger partial charge in [0.2, 0.25) is 0 Å². The number of nitrogens with zero attached hydrogens (tertiary/aromatic N) is 2. The van der Waals surface area contributed by atoms with Gasteiger partial charge in [-0.1, -0.05) is 103 Å². The summed E-state index contributed by atoms with van der Waals surface area (Å²) in [5.41, 5.74) is 0.393. The van der Waals surface area contributed by atoms with Crippen LogP contribution in [0.5, 0.6) is 0 Å². The maximum Gasteiger partial charge on any atom is 0.380 e. The molecule has 0 saturated carbocycles. The van der Waals surface area contributed by atoms with E-state index in [0.717, 1.165) is 15.6 Å². The van der Waals surface area contributed by atoms with Gasteiger partial charge in [-0.25, -0.2) is 0 Å². The van der Waals surface area contributed by atoms with Crippen LogP contribution in [-0.4, -0.2) is 14.0 Å². The lowest BCUT2D eigenvalue weighted by molar-refractivity contribution is 0.348. The fourth-order valence-electron chi connectivity index (χ4n) is 2.96. The highest BCUT2D eigenvalue weighted by Crippen LogP contribution is 2.10. The summed E-state index contributed by atoms with van der Waals surface area (Å²) < 4.78 is 6.34. The molecule has 0 aliphatic carbocycles. The van der Waals surface area contributed by atoms with Crippen molar-refractivity contribution in [1.82, 2.24) is 0 Å². The summed E-state index contributed by atoms with van der Waals surface area (Å²) in [7, 11) is -2.86. The Balaban J connectivity index is 2.28. The first-order valence-electron chi connectivity index (χ1n) is 8.63. The molecule has 0 aliphatic heterocycles. The van der Waals surface area contributed by atoms with Crippen molar-refractivity contribution in [2.45, 2.75) is 13.3 Å². The van der Waals surface area contributed by atoms with Gasteiger partial charge in [-0.2, -0.15) is 5.26 Å². The molecule has 3 nitrogen and oxygen atoms in total. The molecule has 3 aromatic carbocycles. The maximum absolute atomic E-state index is 9.29. The number of hydrogen-bond donors (Lipinski definition) is 0. The molecule has 0 heterocycles. The second-order valence-corrected chi connectivity index (χ2v) is 9.15. The largest absolute Gasteiger partial charge is 0.437 e. The number of rotatable bonds is 6. The standard InChI is InChI=1S/C22H20N2OSi/c1-2-19(18-23)24-25-26(20-12-6-3-7-13-20,21-14-8-4-9-15-21)22-16-10-5-11-17-22/h3-17H,2H2,1H3. The highest BCUT2D eigenvalue weighted by atomic mass is 28.4. The molecule has 0 unspecified atom stereocenters. The van der Waals surface area contributed by atoms with Gasteiger partial charge < -0.3 is 4.53 Å². The summed E-state index contributed by atoms with van der Waals surface area (Å²) in [5.74, 6) is 0. The zero-order valence-electron chi connectivity index (χ0n) is 14.7. The second kappa shape index (κ2) is 8.28. The van der Waals surface area contributed by atoms with Gasteiger partial charge >= 0.3 is 8.32 Å². The molecule has 0 amide bonds. The molecule has 0 fully saturated rings. The van der Waals surface area contributed by atoms with Crippen molar-refractivity contribution < 1.29 is 4.53 Å². The van der Waals surface area contributed by atoms with Crippen molar-refractivity contribution in [3.63, 3.8) is 0 Å². The quantitative estimate of drug-likeness (QED) is 0.295. The Morgan fingerprint density at radius 2 is 1.19 bits per heavy atom. The van der Waals surface area contributed by atoms with Gasteiger partial charge in [0.25, 0.3) is 0 Å². The normalized spacial score (nSPS) is 11.6. The lowest BCUT2D eigenvalue weighted by atomic mass is 10.3. The van der Waals surface area contributed by atoms with E-state index in [2.05, 4.69) is 47.6 Å². The average Bonchev–Trinajstić information content (AvgIpc) is 2.74. The predicted molar refractivity (Wildman–Crippen MR) is 108 cm³/mol. The Morgan fingerprint density at radius 3 is 1.50 bits per heavy atom. The minimum absolute atomic E-state index is 0.393. The topological polar surface area (TPSA) is 45.4 Å². The van der Waals surface area contributed by atoms with Crippen LogP contribution in [0.3, 0.4) is 0 Å². The van der Waals surface area contributed by atoms with E-state index < -0.39 is 8.32 Å². The zero-order chi connectivity index (χ0) is 18.2. The summed E-state index contributed by atoms with van der Waals surface area (Å²) >= 11 is 0. The van der Waals surface area contributed by atoms with Gasteiger partial charge in [0.15, 0.2) is 5.71 Å². The van der Waals surface area contributed by atoms with E-state index in [1.54, 1.807) is 0 Å². The number of oxime groups is 1. The SMILES string of the molecule is CCC(C#N)=NO[Si](c1ccccc1)(c1ccccc1)c1ccccc1. The molecule has 0 spiro atoms. The van der Waals surface area contributed by atoms with Crippen LogP contribution < -0.4 is 15.6 Å². The summed E-state index contributed by atoms with van der Waals surface area (Å²) in [6.07, 6.45) is 0.541. The zero-order valence-corrected chi connectivity index (χ0v) is 15.7. The maximum atomic E-state index is 9.29. The average molecular weight is 357 g/mol. The molecule has 0 atom stereocenters. The molecule has 0 aromatic heterocycles. The second-order valence-electron chi connectivity index (χ2n) is 5.87. The molecule has 4 heteroatoms. The van der Waals surface area contributed by atoms with Crippen LogP contribution in [0, 0.1) is 11.3 Å². The third kappa shape index (κ3) is 3.44. The fraction of sp³-hybridized carbons (Fsp3) is 0.0909. The molecule has 3 aromatic rings. The Labute approximate surface area is 155 Å². The van der Waals surface area contributed by atoms with Crippen LogP contribution in [0.25, 0.3) is 0 Å². The van der Waals surface area contributed by atoms with Crippen LogP contribution in [0.15, 0.2) is 96.2 Å². The molecule has 0 aliphatic rings. The summed E-state index contributed by atoms with van der Waals surface area (Å²) in [5, 5.41) is 16.8. The van der Waals surface area contributed by atoms with Crippen LogP contribution in [0.2, 0.25) is 0 Å². The highest BCUT2D eigenvalue weighted by molar-refractivity contribution is 7.07. The Morgan fingerprint density at radius 1 is 0.808 bits per heavy atom. The minimum Gasteiger partial charge on any atom is -0.437 e. The van der Waals surface area contributed by atoms with E-state index in [4.69, 9.17) is 4.53 Å². The molecule has 128 valence electrons. The van der Waals surface area contributed by atoms with Crippen LogP contribution >= 0.6 is 0 Å². The summed E-state index contributed by atoms with van der Waals surface area (Å²) in [4.78, 5) is 0. The van der Waals surface area contributed by atoms with Crippen LogP contribution in [0.4, 0.5) is 0 Å². The summed E-state index contributed by atoms with van der Waals surface area (Å²) in [6.45, 7) is 1.90. The molecule has 0 bridgehead atoms. The molecule has 0 N–H and O–H groups in total. The molecule has 0 saturated heterocycles. The van der Waals surface area contributed by atoms with E-state index in [-0.39, 0.29) is 0 Å². The van der Waals surface area contributed by atoms with E-state index in [1.807, 2.05) is 61.5 Å². The first-order valence-corrected chi connectivity index (χ1v) is 10.5. The summed E-state index contributed by atoms with van der Waals surface area (Å²) in [6, 6.07) is 32.7. The van der Waals surface area contributed by atoms with E-state index in [9.17, 15) is 5.26 Å². The Bertz CT molecular complexity index is 806. The Kier molecular flexibility index (Phi) is 5.62. The van der Waals surface area contributed by atoms with Crippen molar-refractivity contribution in [3.05, 3.63) is 91.0 Å². The van der Waals surface area contributed by atoms with Gasteiger partial charge in [-0.3, -0.25) is 0 Å². The van der Waals surface area contributed by atoms with Crippen molar-refractivity contribution in [2.24, 2.45) is 5.16 Å². The Hall–Kier alpha value is -3.16. The van der Waals surface area contributed by atoms with E-state index in [1.165, 1.54) is 0 Å². The molecular weight excluding hydrogens is 336 g/mol. The lowest BCUT2D eigenvalue weighted by Gasteiger charge is -2.30. The van der Waals surface area contributed by atoms with Gasteiger partial charge in [0, 0.05) is 6.42 Å². The van der Waals surface area contributed by atoms with E-state index >= 15 is 0 Å². The third-order valence-corrected chi connectivity index (χ3v) is 8.10. The van der Waals surface area contributed by atoms with Crippen molar-refractivity contribution in [2.75, 3.05) is 0 Å². The van der Waals surface area contributed by atoms with Crippen molar-refractivity contribution >= 4 is 29.6 Å². The molecule has 3 rings (SSSR count). The smallest absolute Gasteiger partial charge is 0.380 e. The first-order chi connectivity index (χ1) is 12.8. The molecular formula is C22H20N2OSi. The monoisotopic (exact) mass is 356 g/mol. The minimum atomic E-state index is -2.86. The number of nitriles is 1. The van der Waals surface area contributed by atoms with Crippen LogP contribution in [0.1, 0.15) is 13.3 Å².